The van der Waals surface area contributed by atoms with Crippen molar-refractivity contribution >= 4 is 11.0 Å². The van der Waals surface area contributed by atoms with Gasteiger partial charge in [-0.3, -0.25) is 0 Å². The van der Waals surface area contributed by atoms with Crippen LogP contribution in [0.5, 0.6) is 5.75 Å². The summed E-state index contributed by atoms with van der Waals surface area (Å²) >= 11 is 0. The van der Waals surface area contributed by atoms with Crippen LogP contribution in [0.25, 0.3) is 11.0 Å². The highest BCUT2D eigenvalue weighted by Gasteiger charge is 2.33. The van der Waals surface area contributed by atoms with Gasteiger partial charge in [-0.15, -0.1) is 0 Å². The SMILES string of the molecule is CC(C)(C)NC1CC(Oc2ccc3oc(C(C)(C)C)cc3c2)C1. The molecule has 1 aromatic heterocycles. The number of fused-ring (bicyclic) bond motifs is 1. The number of rotatable bonds is 3. The predicted octanol–water partition coefficient (Wildman–Crippen LogP) is 5.03. The summed E-state index contributed by atoms with van der Waals surface area (Å²) in [6, 6.07) is 8.84. The maximum Gasteiger partial charge on any atom is 0.134 e. The first-order chi connectivity index (χ1) is 10.6. The molecule has 3 nitrogen and oxygen atoms in total. The third-order valence-electron chi connectivity index (χ3n) is 4.26. The first-order valence-corrected chi connectivity index (χ1v) is 8.59. The summed E-state index contributed by atoms with van der Waals surface area (Å²) in [5.41, 5.74) is 1.14. The molecular formula is C20H29NO2. The molecule has 0 aliphatic heterocycles. The zero-order chi connectivity index (χ0) is 16.8. The molecule has 0 unspecified atom stereocenters. The van der Waals surface area contributed by atoms with Gasteiger partial charge in [0.05, 0.1) is 0 Å². The first kappa shape index (κ1) is 16.4. The van der Waals surface area contributed by atoms with Crippen LogP contribution in [0.4, 0.5) is 0 Å². The Bertz CT molecular complexity index is 682. The van der Waals surface area contributed by atoms with Gasteiger partial charge in [0.2, 0.25) is 0 Å². The van der Waals surface area contributed by atoms with Crippen LogP contribution in [0.2, 0.25) is 0 Å². The van der Waals surface area contributed by atoms with Crippen LogP contribution >= 0.6 is 0 Å². The van der Waals surface area contributed by atoms with Gasteiger partial charge in [0.1, 0.15) is 23.2 Å². The van der Waals surface area contributed by atoms with Gasteiger partial charge in [0.15, 0.2) is 0 Å². The molecule has 126 valence electrons. The molecule has 0 amide bonds. The number of ether oxygens (including phenoxy) is 1. The van der Waals surface area contributed by atoms with E-state index >= 15 is 0 Å². The Hall–Kier alpha value is -1.48. The molecule has 23 heavy (non-hydrogen) atoms. The largest absolute Gasteiger partial charge is 0.490 e. The van der Waals surface area contributed by atoms with Gasteiger partial charge in [0.25, 0.3) is 0 Å². The summed E-state index contributed by atoms with van der Waals surface area (Å²) in [6.45, 7) is 13.1. The van der Waals surface area contributed by atoms with Crippen LogP contribution in [0.3, 0.4) is 0 Å². The third-order valence-corrected chi connectivity index (χ3v) is 4.26. The fourth-order valence-corrected chi connectivity index (χ4v) is 3.05. The molecule has 2 aromatic rings. The highest BCUT2D eigenvalue weighted by atomic mass is 16.5. The number of furan rings is 1. The van der Waals surface area contributed by atoms with Gasteiger partial charge in [-0.25, -0.2) is 0 Å². The third kappa shape index (κ3) is 3.89. The quantitative estimate of drug-likeness (QED) is 0.862. The molecule has 1 aliphatic rings. The van der Waals surface area contributed by atoms with Crippen molar-refractivity contribution in [2.75, 3.05) is 0 Å². The average Bonchev–Trinajstić information content (AvgIpc) is 2.77. The number of hydrogen-bond donors (Lipinski definition) is 1. The molecule has 0 bridgehead atoms. The van der Waals surface area contributed by atoms with E-state index in [0.717, 1.165) is 35.3 Å². The Morgan fingerprint density at radius 1 is 1.04 bits per heavy atom. The van der Waals surface area contributed by atoms with Crippen LogP contribution in [-0.2, 0) is 5.41 Å². The van der Waals surface area contributed by atoms with E-state index in [0.29, 0.717) is 12.1 Å². The van der Waals surface area contributed by atoms with Crippen molar-refractivity contribution in [3.8, 4) is 5.75 Å². The zero-order valence-corrected chi connectivity index (χ0v) is 15.2. The van der Waals surface area contributed by atoms with E-state index in [1.165, 1.54) is 0 Å². The topological polar surface area (TPSA) is 34.4 Å². The molecule has 1 saturated carbocycles. The van der Waals surface area contributed by atoms with E-state index in [2.05, 4.69) is 59.0 Å². The molecule has 0 atom stereocenters. The minimum Gasteiger partial charge on any atom is -0.490 e. The van der Waals surface area contributed by atoms with Gasteiger partial charge in [-0.2, -0.15) is 0 Å². The van der Waals surface area contributed by atoms with Gasteiger partial charge < -0.3 is 14.5 Å². The maximum atomic E-state index is 6.12. The number of nitrogens with one attached hydrogen (secondary N) is 1. The molecule has 0 saturated heterocycles. The molecule has 3 heteroatoms. The van der Waals surface area contributed by atoms with E-state index in [-0.39, 0.29) is 11.0 Å². The summed E-state index contributed by atoms with van der Waals surface area (Å²) in [6.07, 6.45) is 2.48. The fourth-order valence-electron chi connectivity index (χ4n) is 3.05. The number of hydrogen-bond acceptors (Lipinski definition) is 3. The second-order valence-corrected chi connectivity index (χ2v) is 8.86. The van der Waals surface area contributed by atoms with Gasteiger partial charge >= 0.3 is 0 Å². The predicted molar refractivity (Wildman–Crippen MR) is 95.2 cm³/mol. The van der Waals surface area contributed by atoms with E-state index in [1.54, 1.807) is 0 Å². The summed E-state index contributed by atoms with van der Waals surface area (Å²) in [5.74, 6) is 1.96. The Morgan fingerprint density at radius 3 is 2.35 bits per heavy atom. The summed E-state index contributed by atoms with van der Waals surface area (Å²) in [5, 5.41) is 4.75. The van der Waals surface area contributed by atoms with Gasteiger partial charge in [0, 0.05) is 22.4 Å². The molecule has 1 fully saturated rings. The monoisotopic (exact) mass is 315 g/mol. The molecular weight excluding hydrogens is 286 g/mol. The van der Waals surface area contributed by atoms with Crippen LogP contribution in [0.1, 0.15) is 60.1 Å². The molecule has 1 N–H and O–H groups in total. The van der Waals surface area contributed by atoms with Crippen LogP contribution in [-0.4, -0.2) is 17.7 Å². The average molecular weight is 315 g/mol. The lowest BCUT2D eigenvalue weighted by Crippen LogP contribution is -2.53. The van der Waals surface area contributed by atoms with E-state index < -0.39 is 0 Å². The summed E-state index contributed by atoms with van der Waals surface area (Å²) < 4.78 is 12.1. The number of benzene rings is 1. The van der Waals surface area contributed by atoms with Crippen molar-refractivity contribution in [1.82, 2.24) is 5.32 Å². The van der Waals surface area contributed by atoms with E-state index in [9.17, 15) is 0 Å². The lowest BCUT2D eigenvalue weighted by Gasteiger charge is -2.40. The standard InChI is InChI=1S/C20H29NO2/c1-19(2,3)18-10-13-9-15(7-8-17(13)23-18)22-16-11-14(12-16)21-20(4,5)6/h7-10,14,16,21H,11-12H2,1-6H3. The van der Waals surface area contributed by atoms with Crippen molar-refractivity contribution in [2.45, 2.75) is 77.5 Å². The maximum absolute atomic E-state index is 6.12. The van der Waals surface area contributed by atoms with Crippen LogP contribution in [0, 0.1) is 0 Å². The molecule has 0 radical (unpaired) electrons. The Morgan fingerprint density at radius 2 is 1.74 bits per heavy atom. The van der Waals surface area contributed by atoms with Crippen molar-refractivity contribution in [2.24, 2.45) is 0 Å². The second-order valence-electron chi connectivity index (χ2n) is 8.86. The van der Waals surface area contributed by atoms with E-state index in [4.69, 9.17) is 9.15 Å². The molecule has 3 rings (SSSR count). The van der Waals surface area contributed by atoms with Crippen molar-refractivity contribution in [3.63, 3.8) is 0 Å². The highest BCUT2D eigenvalue weighted by molar-refractivity contribution is 5.79. The lowest BCUT2D eigenvalue weighted by molar-refractivity contribution is 0.0735. The lowest BCUT2D eigenvalue weighted by atomic mass is 9.87. The summed E-state index contributed by atoms with van der Waals surface area (Å²) in [4.78, 5) is 0. The summed E-state index contributed by atoms with van der Waals surface area (Å²) in [7, 11) is 0. The molecule has 1 heterocycles. The minimum atomic E-state index is 0.0276. The van der Waals surface area contributed by atoms with Crippen LogP contribution in [0.15, 0.2) is 28.7 Å². The first-order valence-electron chi connectivity index (χ1n) is 8.59. The molecule has 1 aliphatic carbocycles. The van der Waals surface area contributed by atoms with E-state index in [1.807, 2.05) is 12.1 Å². The van der Waals surface area contributed by atoms with Gasteiger partial charge in [-0.05, 0) is 57.9 Å². The van der Waals surface area contributed by atoms with Crippen molar-refractivity contribution < 1.29 is 9.15 Å². The smallest absolute Gasteiger partial charge is 0.134 e. The second kappa shape index (κ2) is 5.55. The van der Waals surface area contributed by atoms with Crippen LogP contribution < -0.4 is 10.1 Å². The van der Waals surface area contributed by atoms with Gasteiger partial charge in [-0.1, -0.05) is 20.8 Å². The zero-order valence-electron chi connectivity index (χ0n) is 15.2. The van der Waals surface area contributed by atoms with Crippen molar-refractivity contribution in [1.29, 1.82) is 0 Å². The fraction of sp³-hybridized carbons (Fsp3) is 0.600. The Balaban J connectivity index is 1.64. The Kier molecular flexibility index (Phi) is 3.96. The normalized spacial score (nSPS) is 22.2. The minimum absolute atomic E-state index is 0.0276. The molecule has 1 aromatic carbocycles. The highest BCUT2D eigenvalue weighted by Crippen LogP contribution is 2.33. The molecule has 0 spiro atoms. The van der Waals surface area contributed by atoms with Crippen molar-refractivity contribution in [3.05, 3.63) is 30.0 Å². The Labute approximate surface area is 139 Å².